The van der Waals surface area contributed by atoms with Crippen molar-refractivity contribution in [3.8, 4) is 0 Å². The average Bonchev–Trinajstić information content (AvgIpc) is 3.11. The van der Waals surface area contributed by atoms with Crippen molar-refractivity contribution < 1.29 is 14.6 Å². The zero-order valence-electron chi connectivity index (χ0n) is 22.6. The van der Waals surface area contributed by atoms with Crippen LogP contribution >= 0.6 is 0 Å². The Morgan fingerprint density at radius 2 is 2.03 bits per heavy atom. The molecule has 0 aromatic heterocycles. The normalized spacial score (nSPS) is 33.2. The number of hydrogen-bond acceptors (Lipinski definition) is 3. The Bertz CT molecular complexity index is 783. The van der Waals surface area contributed by atoms with E-state index in [1.54, 1.807) is 5.57 Å². The van der Waals surface area contributed by atoms with Crippen LogP contribution in [0, 0.1) is 23.2 Å². The Hall–Kier alpha value is -1.35. The summed E-state index contributed by atoms with van der Waals surface area (Å²) in [5, 5.41) is 10.1. The smallest absolute Gasteiger partial charge is 0.306 e. The zero-order valence-corrected chi connectivity index (χ0v) is 22.6. The molecule has 0 radical (unpaired) electrons. The van der Waals surface area contributed by atoms with Gasteiger partial charge in [0.2, 0.25) is 0 Å². The van der Waals surface area contributed by atoms with E-state index in [1.807, 2.05) is 20.8 Å². The highest BCUT2D eigenvalue weighted by atomic mass is 16.5. The van der Waals surface area contributed by atoms with Crippen LogP contribution in [0.25, 0.3) is 0 Å². The lowest BCUT2D eigenvalue weighted by atomic mass is 9.60. The molecule has 0 unspecified atom stereocenters. The highest BCUT2D eigenvalue weighted by Crippen LogP contribution is 2.60. The van der Waals surface area contributed by atoms with Crippen LogP contribution in [-0.4, -0.2) is 22.8 Å². The first kappa shape index (κ1) is 27.2. The molecule has 0 heterocycles. The number of allylic oxidation sites excluding steroid dienone is 4. The molecule has 0 saturated heterocycles. The summed E-state index contributed by atoms with van der Waals surface area (Å²) in [5.41, 5.74) is 3.97. The lowest BCUT2D eigenvalue weighted by Crippen LogP contribution is -2.36. The first-order valence-electron chi connectivity index (χ1n) is 14.0. The Morgan fingerprint density at radius 3 is 2.74 bits per heavy atom. The Labute approximate surface area is 209 Å². The van der Waals surface area contributed by atoms with Crippen LogP contribution in [0.1, 0.15) is 118 Å². The highest BCUT2D eigenvalue weighted by Gasteiger charge is 2.50. The number of rotatable bonds is 9. The summed E-state index contributed by atoms with van der Waals surface area (Å²) in [4.78, 5) is 12.0. The van der Waals surface area contributed by atoms with E-state index in [2.05, 4.69) is 32.6 Å². The number of carbonyl (C=O) groups excluding carboxylic acids is 1. The molecule has 3 nitrogen and oxygen atoms in total. The molecule has 0 aromatic rings. The van der Waals surface area contributed by atoms with Gasteiger partial charge in [-0.1, -0.05) is 63.5 Å². The molecule has 3 saturated carbocycles. The maximum absolute atomic E-state index is 12.0. The summed E-state index contributed by atoms with van der Waals surface area (Å²) in [6.45, 7) is 15.2. The van der Waals surface area contributed by atoms with Crippen LogP contribution in [0.15, 0.2) is 35.5 Å². The molecule has 3 aliphatic rings. The van der Waals surface area contributed by atoms with Gasteiger partial charge in [-0.15, -0.1) is 0 Å². The standard InChI is InChI=1S/C31H50O3/c1-7-10-29(32)34-26-16-13-22(2)25(21-26)15-14-24-12-9-20-31(6)27(17-18-28(24)31)23(3)11-8-19-30(4,5)33/h14-15,23,26-28,33H,2,7-13,16-21H2,1,3-6H3/b24-14+,25-15-/t23-,26+,27-,28+,31-/m1/s1. The summed E-state index contributed by atoms with van der Waals surface area (Å²) in [6, 6.07) is 0. The fourth-order valence-corrected chi connectivity index (χ4v) is 7.20. The predicted molar refractivity (Wildman–Crippen MR) is 141 cm³/mol. The zero-order chi connectivity index (χ0) is 24.9. The lowest BCUT2D eigenvalue weighted by Gasteiger charge is -2.44. The fraction of sp³-hybridized carbons (Fsp3) is 0.774. The second kappa shape index (κ2) is 11.6. The molecule has 0 spiro atoms. The number of esters is 1. The van der Waals surface area contributed by atoms with Gasteiger partial charge in [0, 0.05) is 12.8 Å². The summed E-state index contributed by atoms with van der Waals surface area (Å²) in [5.74, 6) is 2.12. The Morgan fingerprint density at radius 1 is 1.26 bits per heavy atom. The molecule has 0 bridgehead atoms. The molecule has 0 aromatic carbocycles. The molecule has 3 heteroatoms. The molecule has 34 heavy (non-hydrogen) atoms. The van der Waals surface area contributed by atoms with E-state index >= 15 is 0 Å². The van der Waals surface area contributed by atoms with Crippen LogP contribution < -0.4 is 0 Å². The summed E-state index contributed by atoms with van der Waals surface area (Å²) in [6.07, 6.45) is 18.4. The summed E-state index contributed by atoms with van der Waals surface area (Å²) >= 11 is 0. The maximum atomic E-state index is 12.0. The van der Waals surface area contributed by atoms with Gasteiger partial charge in [0.15, 0.2) is 0 Å². The van der Waals surface area contributed by atoms with Crippen molar-refractivity contribution in [3.63, 3.8) is 0 Å². The van der Waals surface area contributed by atoms with Crippen LogP contribution in [0.2, 0.25) is 0 Å². The van der Waals surface area contributed by atoms with Gasteiger partial charge < -0.3 is 9.84 Å². The quantitative estimate of drug-likeness (QED) is 0.346. The van der Waals surface area contributed by atoms with Crippen LogP contribution in [0.5, 0.6) is 0 Å². The van der Waals surface area contributed by atoms with Gasteiger partial charge in [0.05, 0.1) is 5.60 Å². The van der Waals surface area contributed by atoms with E-state index in [4.69, 9.17) is 4.74 Å². The molecule has 1 N–H and O–H groups in total. The monoisotopic (exact) mass is 470 g/mol. The number of fused-ring (bicyclic) bond motifs is 1. The third-order valence-corrected chi connectivity index (χ3v) is 9.09. The van der Waals surface area contributed by atoms with E-state index < -0.39 is 5.60 Å². The molecular weight excluding hydrogens is 420 g/mol. The van der Waals surface area contributed by atoms with Crippen molar-refractivity contribution in [2.45, 2.75) is 130 Å². The van der Waals surface area contributed by atoms with Gasteiger partial charge in [0.1, 0.15) is 6.10 Å². The van der Waals surface area contributed by atoms with E-state index in [1.165, 1.54) is 49.7 Å². The van der Waals surface area contributed by atoms with Crippen molar-refractivity contribution >= 4 is 5.97 Å². The average molecular weight is 471 g/mol. The maximum Gasteiger partial charge on any atom is 0.306 e. The number of aliphatic hydroxyl groups is 1. The molecule has 3 fully saturated rings. The molecule has 192 valence electrons. The van der Waals surface area contributed by atoms with E-state index in [-0.39, 0.29) is 12.1 Å². The lowest BCUT2D eigenvalue weighted by molar-refractivity contribution is -0.149. The summed E-state index contributed by atoms with van der Waals surface area (Å²) < 4.78 is 5.72. The topological polar surface area (TPSA) is 46.5 Å². The number of carbonyl (C=O) groups is 1. The van der Waals surface area contributed by atoms with E-state index in [9.17, 15) is 9.90 Å². The molecule has 3 rings (SSSR count). The molecule has 0 amide bonds. The number of hydrogen-bond donors (Lipinski definition) is 1. The first-order chi connectivity index (χ1) is 16.0. The van der Waals surface area contributed by atoms with Gasteiger partial charge in [-0.3, -0.25) is 4.79 Å². The molecule has 0 aliphatic heterocycles. The first-order valence-corrected chi connectivity index (χ1v) is 14.0. The van der Waals surface area contributed by atoms with E-state index in [0.717, 1.165) is 44.4 Å². The van der Waals surface area contributed by atoms with Crippen molar-refractivity contribution in [2.24, 2.45) is 23.2 Å². The van der Waals surface area contributed by atoms with Crippen molar-refractivity contribution in [3.05, 3.63) is 35.5 Å². The third-order valence-electron chi connectivity index (χ3n) is 9.09. The minimum atomic E-state index is -0.549. The fourth-order valence-electron chi connectivity index (χ4n) is 7.20. The molecule has 3 aliphatic carbocycles. The molecular formula is C31H50O3. The van der Waals surface area contributed by atoms with Gasteiger partial charge in [-0.2, -0.15) is 0 Å². The van der Waals surface area contributed by atoms with E-state index in [0.29, 0.717) is 23.7 Å². The van der Waals surface area contributed by atoms with Gasteiger partial charge in [-0.25, -0.2) is 0 Å². The summed E-state index contributed by atoms with van der Waals surface area (Å²) in [7, 11) is 0. The third kappa shape index (κ3) is 6.86. The second-order valence-corrected chi connectivity index (χ2v) is 12.4. The number of ether oxygens (including phenoxy) is 1. The minimum Gasteiger partial charge on any atom is -0.462 e. The van der Waals surface area contributed by atoms with Crippen LogP contribution in [0.4, 0.5) is 0 Å². The van der Waals surface area contributed by atoms with Gasteiger partial charge in [0.25, 0.3) is 0 Å². The van der Waals surface area contributed by atoms with Crippen molar-refractivity contribution in [1.29, 1.82) is 0 Å². The predicted octanol–water partition coefficient (Wildman–Crippen LogP) is 8.08. The van der Waals surface area contributed by atoms with Crippen LogP contribution in [0.3, 0.4) is 0 Å². The van der Waals surface area contributed by atoms with Gasteiger partial charge >= 0.3 is 5.97 Å². The van der Waals surface area contributed by atoms with Crippen LogP contribution in [-0.2, 0) is 9.53 Å². The highest BCUT2D eigenvalue weighted by molar-refractivity contribution is 5.69. The SMILES string of the molecule is C=C1CC[C@H](OC(=O)CCC)C/C1=C/C=C1\CCC[C@]2(C)[C@@H]([C@H](C)CCCC(C)(C)O)CC[C@@H]12. The van der Waals surface area contributed by atoms with Crippen molar-refractivity contribution in [2.75, 3.05) is 0 Å². The van der Waals surface area contributed by atoms with Crippen molar-refractivity contribution in [1.82, 2.24) is 0 Å². The minimum absolute atomic E-state index is 0.00595. The Kier molecular flexibility index (Phi) is 9.29. The largest absolute Gasteiger partial charge is 0.462 e. The second-order valence-electron chi connectivity index (χ2n) is 12.4. The molecule has 5 atom stereocenters. The van der Waals surface area contributed by atoms with Gasteiger partial charge in [-0.05, 0) is 100 Å². The Balaban J connectivity index is 1.66.